The zero-order valence-corrected chi connectivity index (χ0v) is 22.7. The van der Waals surface area contributed by atoms with Crippen LogP contribution >= 0.6 is 0 Å². The number of hydrogen-bond acceptors (Lipinski definition) is 6. The molecule has 0 aliphatic heterocycles. The number of nitrogens with one attached hydrogen (secondary N) is 3. The highest BCUT2D eigenvalue weighted by molar-refractivity contribution is 5.94. The summed E-state index contributed by atoms with van der Waals surface area (Å²) < 4.78 is 7.55. The van der Waals surface area contributed by atoms with Gasteiger partial charge in [-0.05, 0) is 76.8 Å². The average Bonchev–Trinajstić information content (AvgIpc) is 3.24. The van der Waals surface area contributed by atoms with Crippen molar-refractivity contribution in [3.63, 3.8) is 0 Å². The summed E-state index contributed by atoms with van der Waals surface area (Å²) in [6, 6.07) is 19.0. The summed E-state index contributed by atoms with van der Waals surface area (Å²) >= 11 is 0. The molecule has 39 heavy (non-hydrogen) atoms. The van der Waals surface area contributed by atoms with E-state index in [-0.39, 0.29) is 6.03 Å². The fraction of sp³-hybridized carbons (Fsp3) is 0.300. The number of aromatic nitrogens is 2. The van der Waals surface area contributed by atoms with Crippen LogP contribution in [0.3, 0.4) is 0 Å². The third-order valence-electron chi connectivity index (χ3n) is 6.35. The molecule has 0 aliphatic carbocycles. The van der Waals surface area contributed by atoms with E-state index in [4.69, 9.17) is 4.74 Å². The number of benzene rings is 2. The number of anilines is 3. The lowest BCUT2D eigenvalue weighted by atomic mass is 10.1. The van der Waals surface area contributed by atoms with Crippen LogP contribution in [-0.2, 0) is 0 Å². The van der Waals surface area contributed by atoms with Gasteiger partial charge in [-0.1, -0.05) is 31.0 Å². The summed E-state index contributed by atoms with van der Waals surface area (Å²) in [6.45, 7) is 3.61. The number of nitriles is 1. The third-order valence-corrected chi connectivity index (χ3v) is 6.35. The first-order valence-corrected chi connectivity index (χ1v) is 13.1. The second kappa shape index (κ2) is 13.3. The van der Waals surface area contributed by atoms with Gasteiger partial charge in [-0.2, -0.15) is 10.4 Å². The van der Waals surface area contributed by atoms with Gasteiger partial charge in [-0.3, -0.25) is 0 Å². The number of amides is 2. The van der Waals surface area contributed by atoms with Crippen molar-refractivity contribution >= 4 is 28.6 Å². The fourth-order valence-corrected chi connectivity index (χ4v) is 4.28. The molecule has 0 saturated carbocycles. The van der Waals surface area contributed by atoms with Crippen molar-refractivity contribution in [2.45, 2.75) is 32.6 Å². The molecule has 202 valence electrons. The van der Waals surface area contributed by atoms with Crippen LogP contribution in [0.1, 0.15) is 36.8 Å². The molecule has 0 spiro atoms. The number of ether oxygens (including phenoxy) is 1. The van der Waals surface area contributed by atoms with Crippen molar-refractivity contribution in [2.75, 3.05) is 37.8 Å². The molecule has 0 unspecified atom stereocenters. The van der Waals surface area contributed by atoms with E-state index in [2.05, 4.69) is 46.1 Å². The molecule has 0 saturated heterocycles. The topological polar surface area (TPSA) is 107 Å². The molecule has 2 heterocycles. The van der Waals surface area contributed by atoms with Crippen LogP contribution in [-0.4, -0.2) is 47.7 Å². The van der Waals surface area contributed by atoms with Gasteiger partial charge < -0.3 is 25.6 Å². The van der Waals surface area contributed by atoms with E-state index < -0.39 is 0 Å². The van der Waals surface area contributed by atoms with E-state index in [9.17, 15) is 10.1 Å². The predicted octanol–water partition coefficient (Wildman–Crippen LogP) is 6.29. The smallest absolute Gasteiger partial charge is 0.319 e. The molecule has 0 aliphatic rings. The normalized spacial score (nSPS) is 10.8. The maximum absolute atomic E-state index is 12.5. The summed E-state index contributed by atoms with van der Waals surface area (Å²) in [7, 11) is 4.16. The summed E-state index contributed by atoms with van der Waals surface area (Å²) in [5.74, 6) is 1.46. The lowest BCUT2D eigenvalue weighted by molar-refractivity contribution is 0.252. The Hall–Kier alpha value is -4.55. The Labute approximate surface area is 229 Å². The highest BCUT2D eigenvalue weighted by Crippen LogP contribution is 2.33. The van der Waals surface area contributed by atoms with E-state index in [1.54, 1.807) is 10.7 Å². The van der Waals surface area contributed by atoms with Gasteiger partial charge in [0.2, 0.25) is 0 Å². The highest BCUT2D eigenvalue weighted by atomic mass is 16.5. The molecule has 2 aromatic heterocycles. The van der Waals surface area contributed by atoms with Gasteiger partial charge in [0.25, 0.3) is 0 Å². The number of rotatable bonds is 12. The maximum atomic E-state index is 12.5. The van der Waals surface area contributed by atoms with Crippen molar-refractivity contribution in [3.8, 4) is 17.6 Å². The number of aryl methyl sites for hydroxylation is 1. The number of urea groups is 1. The van der Waals surface area contributed by atoms with Crippen LogP contribution in [0.25, 0.3) is 5.52 Å². The average molecular weight is 526 g/mol. The molecule has 3 N–H and O–H groups in total. The van der Waals surface area contributed by atoms with Crippen LogP contribution in [0.15, 0.2) is 67.0 Å². The molecule has 0 bridgehead atoms. The maximum Gasteiger partial charge on any atom is 0.319 e. The van der Waals surface area contributed by atoms with Crippen LogP contribution in [0.2, 0.25) is 0 Å². The first kappa shape index (κ1) is 27.5. The van der Waals surface area contributed by atoms with Gasteiger partial charge in [0.05, 0.1) is 34.8 Å². The molecule has 9 nitrogen and oxygen atoms in total. The zero-order chi connectivity index (χ0) is 27.6. The number of fused-ring (bicyclic) bond motifs is 1. The lowest BCUT2D eigenvalue weighted by Gasteiger charge is -2.12. The number of hydrogen-bond donors (Lipinski definition) is 3. The largest absolute Gasteiger partial charge is 0.457 e. The Kier molecular flexibility index (Phi) is 9.38. The highest BCUT2D eigenvalue weighted by Gasteiger charge is 2.17. The lowest BCUT2D eigenvalue weighted by Crippen LogP contribution is -2.29. The number of carbonyl (C=O) groups excluding carboxylic acids is 1. The fourth-order valence-electron chi connectivity index (χ4n) is 4.28. The summed E-state index contributed by atoms with van der Waals surface area (Å²) in [5, 5.41) is 23.4. The number of carbonyl (C=O) groups is 1. The molecule has 0 fully saturated rings. The standard InChI is InChI=1S/C30H35N7O2/c1-22-27(35-30(38)32-17-9-4-5-10-18-36(2)3)21-37-29(22)28(23(19-31)20-33-37)34-24-13-15-26(16-14-24)39-25-11-7-6-8-12-25/h6-8,11-16,20-21,34H,4-5,9-10,17-18H2,1-3H3,(H2,32,35,38). The number of para-hydroxylation sites is 1. The molecule has 2 amide bonds. The molecule has 4 aromatic rings. The van der Waals surface area contributed by atoms with E-state index in [0.717, 1.165) is 54.7 Å². The Morgan fingerprint density at radius 1 is 1.03 bits per heavy atom. The van der Waals surface area contributed by atoms with Crippen molar-refractivity contribution in [1.82, 2.24) is 19.8 Å². The van der Waals surface area contributed by atoms with Crippen molar-refractivity contribution < 1.29 is 9.53 Å². The van der Waals surface area contributed by atoms with E-state index in [1.807, 2.05) is 61.5 Å². The molecule has 0 radical (unpaired) electrons. The van der Waals surface area contributed by atoms with E-state index in [1.165, 1.54) is 6.20 Å². The molecule has 0 atom stereocenters. The van der Waals surface area contributed by atoms with Gasteiger partial charge in [-0.15, -0.1) is 0 Å². The van der Waals surface area contributed by atoms with Gasteiger partial charge in [0.15, 0.2) is 0 Å². The third kappa shape index (κ3) is 7.49. The van der Waals surface area contributed by atoms with E-state index in [0.29, 0.717) is 29.2 Å². The number of unbranched alkanes of at least 4 members (excludes halogenated alkanes) is 3. The van der Waals surface area contributed by atoms with Crippen LogP contribution in [0, 0.1) is 18.3 Å². The number of nitrogens with zero attached hydrogens (tertiary/aromatic N) is 4. The Bertz CT molecular complexity index is 1420. The first-order chi connectivity index (χ1) is 18.9. The van der Waals surface area contributed by atoms with Crippen LogP contribution < -0.4 is 20.7 Å². The molecule has 2 aromatic carbocycles. The minimum absolute atomic E-state index is 0.258. The van der Waals surface area contributed by atoms with Crippen LogP contribution in [0.4, 0.5) is 21.9 Å². The second-order valence-electron chi connectivity index (χ2n) is 9.67. The van der Waals surface area contributed by atoms with Gasteiger partial charge >= 0.3 is 6.03 Å². The minimum atomic E-state index is -0.258. The van der Waals surface area contributed by atoms with E-state index >= 15 is 0 Å². The molecular formula is C30H35N7O2. The van der Waals surface area contributed by atoms with Crippen molar-refractivity contribution in [3.05, 3.63) is 78.1 Å². The Morgan fingerprint density at radius 3 is 2.46 bits per heavy atom. The monoisotopic (exact) mass is 525 g/mol. The summed E-state index contributed by atoms with van der Waals surface area (Å²) in [4.78, 5) is 14.7. The molecule has 9 heteroatoms. The van der Waals surface area contributed by atoms with Gasteiger partial charge in [0, 0.05) is 17.8 Å². The van der Waals surface area contributed by atoms with Gasteiger partial charge in [0.1, 0.15) is 17.6 Å². The molecule has 4 rings (SSSR count). The molecular weight excluding hydrogens is 490 g/mol. The van der Waals surface area contributed by atoms with Crippen molar-refractivity contribution in [1.29, 1.82) is 5.26 Å². The summed E-state index contributed by atoms with van der Waals surface area (Å²) in [6.07, 6.45) is 7.61. The first-order valence-electron chi connectivity index (χ1n) is 13.1. The van der Waals surface area contributed by atoms with Gasteiger partial charge in [-0.25, -0.2) is 9.31 Å². The zero-order valence-electron chi connectivity index (χ0n) is 22.7. The van der Waals surface area contributed by atoms with Crippen LogP contribution in [0.5, 0.6) is 11.5 Å². The minimum Gasteiger partial charge on any atom is -0.457 e. The SMILES string of the molecule is Cc1c(NC(=O)NCCCCCCN(C)C)cn2ncc(C#N)c(Nc3ccc(Oc4ccccc4)cc3)c12. The Balaban J connectivity index is 1.42. The Morgan fingerprint density at radius 2 is 1.74 bits per heavy atom. The quantitative estimate of drug-likeness (QED) is 0.188. The van der Waals surface area contributed by atoms with Crippen molar-refractivity contribution in [2.24, 2.45) is 0 Å². The summed E-state index contributed by atoms with van der Waals surface area (Å²) in [5.41, 5.74) is 3.97. The predicted molar refractivity (Wildman–Crippen MR) is 155 cm³/mol. The second-order valence-corrected chi connectivity index (χ2v) is 9.67.